The number of pyridine rings is 1. The molecule has 1 N–H and O–H groups in total. The maximum atomic E-state index is 11.6. The van der Waals surface area contributed by atoms with Gasteiger partial charge in [-0.2, -0.15) is 0 Å². The Morgan fingerprint density at radius 1 is 1.50 bits per heavy atom. The van der Waals surface area contributed by atoms with Crippen LogP contribution < -0.4 is 5.32 Å². The van der Waals surface area contributed by atoms with E-state index in [1.54, 1.807) is 18.3 Å². The minimum Gasteiger partial charge on any atom is -0.465 e. The molecular weight excluding hydrogens is 254 g/mol. The molecule has 110 valence electrons. The predicted molar refractivity (Wildman–Crippen MR) is 78.9 cm³/mol. The quantitative estimate of drug-likeness (QED) is 0.806. The van der Waals surface area contributed by atoms with Crippen LogP contribution in [0.4, 0.5) is 5.82 Å². The first-order valence-corrected chi connectivity index (χ1v) is 7.20. The normalized spacial score (nSPS) is 16.9. The number of carbonyl (C=O) groups is 1. The zero-order valence-electron chi connectivity index (χ0n) is 12.3. The van der Waals surface area contributed by atoms with Crippen LogP contribution in [-0.2, 0) is 4.74 Å². The summed E-state index contributed by atoms with van der Waals surface area (Å²) in [5.74, 6) is 0.765. The second-order valence-electron chi connectivity index (χ2n) is 5.38. The Morgan fingerprint density at radius 3 is 2.95 bits per heavy atom. The van der Waals surface area contributed by atoms with E-state index in [0.29, 0.717) is 17.3 Å². The van der Waals surface area contributed by atoms with Crippen molar-refractivity contribution >= 4 is 11.8 Å². The first-order chi connectivity index (χ1) is 9.70. The number of nitrogens with zero attached hydrogens (tertiary/aromatic N) is 2. The van der Waals surface area contributed by atoms with Gasteiger partial charge in [0.25, 0.3) is 0 Å². The van der Waals surface area contributed by atoms with Crippen molar-refractivity contribution in [2.75, 3.05) is 38.6 Å². The van der Waals surface area contributed by atoms with Gasteiger partial charge in [-0.15, -0.1) is 0 Å². The summed E-state index contributed by atoms with van der Waals surface area (Å²) in [6.45, 7) is 6.53. The number of carbonyl (C=O) groups excluding carboxylic acids is 1. The van der Waals surface area contributed by atoms with E-state index in [-0.39, 0.29) is 5.97 Å². The smallest absolute Gasteiger partial charge is 0.341 e. The average Bonchev–Trinajstić information content (AvgIpc) is 2.97. The number of rotatable bonds is 6. The number of hydrogen-bond acceptors (Lipinski definition) is 5. The van der Waals surface area contributed by atoms with Gasteiger partial charge in [0, 0.05) is 19.3 Å². The second-order valence-corrected chi connectivity index (χ2v) is 5.38. The Morgan fingerprint density at radius 2 is 2.25 bits per heavy atom. The van der Waals surface area contributed by atoms with Crippen molar-refractivity contribution in [1.82, 2.24) is 9.88 Å². The van der Waals surface area contributed by atoms with Crippen molar-refractivity contribution in [3.63, 3.8) is 0 Å². The molecule has 0 bridgehead atoms. The van der Waals surface area contributed by atoms with Gasteiger partial charge < -0.3 is 15.0 Å². The first-order valence-electron chi connectivity index (χ1n) is 7.20. The van der Waals surface area contributed by atoms with Gasteiger partial charge in [0.2, 0.25) is 0 Å². The predicted octanol–water partition coefficient (Wildman–Crippen LogP) is 2.01. The van der Waals surface area contributed by atoms with Gasteiger partial charge in [0.1, 0.15) is 11.4 Å². The highest BCUT2D eigenvalue weighted by Crippen LogP contribution is 2.14. The molecule has 0 aliphatic carbocycles. The summed E-state index contributed by atoms with van der Waals surface area (Å²) >= 11 is 0. The molecule has 1 atom stereocenters. The van der Waals surface area contributed by atoms with E-state index >= 15 is 0 Å². The number of likely N-dealkylation sites (tertiary alicyclic amines) is 1. The van der Waals surface area contributed by atoms with E-state index < -0.39 is 0 Å². The third-order valence-electron chi connectivity index (χ3n) is 3.60. The molecule has 0 saturated carbocycles. The van der Waals surface area contributed by atoms with E-state index in [1.165, 1.54) is 33.0 Å². The summed E-state index contributed by atoms with van der Waals surface area (Å²) in [7, 11) is 1.38. The van der Waals surface area contributed by atoms with E-state index in [2.05, 4.69) is 22.1 Å². The van der Waals surface area contributed by atoms with Gasteiger partial charge in [-0.25, -0.2) is 9.78 Å². The molecule has 2 rings (SSSR count). The van der Waals surface area contributed by atoms with Crippen molar-refractivity contribution in [1.29, 1.82) is 0 Å². The number of aromatic nitrogens is 1. The van der Waals surface area contributed by atoms with Crippen LogP contribution in [0.1, 0.15) is 30.1 Å². The SMILES string of the molecule is COC(=O)c1cccnc1NCC(C)CN1CCCC1. The maximum Gasteiger partial charge on any atom is 0.341 e. The van der Waals surface area contributed by atoms with Gasteiger partial charge in [-0.1, -0.05) is 6.92 Å². The maximum absolute atomic E-state index is 11.6. The number of nitrogens with one attached hydrogen (secondary N) is 1. The molecule has 1 fully saturated rings. The largest absolute Gasteiger partial charge is 0.465 e. The molecule has 1 aromatic rings. The highest BCUT2D eigenvalue weighted by Gasteiger charge is 2.16. The van der Waals surface area contributed by atoms with E-state index in [1.807, 2.05) is 0 Å². The molecule has 20 heavy (non-hydrogen) atoms. The van der Waals surface area contributed by atoms with Crippen LogP contribution in [0.3, 0.4) is 0 Å². The number of anilines is 1. The van der Waals surface area contributed by atoms with Crippen molar-refractivity contribution < 1.29 is 9.53 Å². The summed E-state index contributed by atoms with van der Waals surface area (Å²) in [4.78, 5) is 18.4. The van der Waals surface area contributed by atoms with E-state index in [0.717, 1.165) is 13.1 Å². The van der Waals surface area contributed by atoms with Crippen molar-refractivity contribution in [2.45, 2.75) is 19.8 Å². The molecule has 1 aromatic heterocycles. The first kappa shape index (κ1) is 14.8. The highest BCUT2D eigenvalue weighted by atomic mass is 16.5. The Balaban J connectivity index is 1.88. The molecule has 0 spiro atoms. The van der Waals surface area contributed by atoms with Crippen LogP contribution in [0.5, 0.6) is 0 Å². The molecular formula is C15H23N3O2. The lowest BCUT2D eigenvalue weighted by Gasteiger charge is -2.21. The molecule has 5 heteroatoms. The third-order valence-corrected chi connectivity index (χ3v) is 3.60. The van der Waals surface area contributed by atoms with E-state index in [9.17, 15) is 4.79 Å². The van der Waals surface area contributed by atoms with E-state index in [4.69, 9.17) is 4.74 Å². The van der Waals surface area contributed by atoms with Gasteiger partial charge >= 0.3 is 5.97 Å². The van der Waals surface area contributed by atoms with Gasteiger partial charge in [-0.3, -0.25) is 0 Å². The summed E-state index contributed by atoms with van der Waals surface area (Å²) in [6.07, 6.45) is 4.31. The number of hydrogen-bond donors (Lipinski definition) is 1. The van der Waals surface area contributed by atoms with Crippen LogP contribution in [0, 0.1) is 5.92 Å². The molecule has 0 radical (unpaired) electrons. The Bertz CT molecular complexity index is 444. The Kier molecular flexibility index (Phi) is 5.35. The third kappa shape index (κ3) is 3.93. The van der Waals surface area contributed by atoms with Gasteiger partial charge in [-0.05, 0) is 44.0 Å². The zero-order chi connectivity index (χ0) is 14.4. The highest BCUT2D eigenvalue weighted by molar-refractivity contribution is 5.94. The molecule has 1 aliphatic rings. The molecule has 0 amide bonds. The summed E-state index contributed by atoms with van der Waals surface area (Å²) in [5.41, 5.74) is 0.489. The molecule has 2 heterocycles. The number of ether oxygens (including phenoxy) is 1. The van der Waals surface area contributed by atoms with Crippen LogP contribution in [0.25, 0.3) is 0 Å². The molecule has 5 nitrogen and oxygen atoms in total. The summed E-state index contributed by atoms with van der Waals surface area (Å²) in [6, 6.07) is 3.47. The Hall–Kier alpha value is -1.62. The Labute approximate surface area is 120 Å². The molecule has 1 saturated heterocycles. The van der Waals surface area contributed by atoms with Crippen LogP contribution >= 0.6 is 0 Å². The summed E-state index contributed by atoms with van der Waals surface area (Å²) in [5, 5.41) is 3.26. The number of esters is 1. The van der Waals surface area contributed by atoms with Crippen LogP contribution in [-0.4, -0.2) is 49.1 Å². The fraction of sp³-hybridized carbons (Fsp3) is 0.600. The van der Waals surface area contributed by atoms with Crippen molar-refractivity contribution in [3.8, 4) is 0 Å². The van der Waals surface area contributed by atoms with Crippen LogP contribution in [0.2, 0.25) is 0 Å². The topological polar surface area (TPSA) is 54.5 Å². The minimum absolute atomic E-state index is 0.354. The minimum atomic E-state index is -0.354. The summed E-state index contributed by atoms with van der Waals surface area (Å²) < 4.78 is 4.76. The standard InChI is InChI=1S/C15H23N3O2/c1-12(11-18-8-3-4-9-18)10-17-14-13(15(19)20-2)6-5-7-16-14/h5-7,12H,3-4,8-11H2,1-2H3,(H,16,17). The molecule has 1 aliphatic heterocycles. The van der Waals surface area contributed by atoms with Crippen molar-refractivity contribution in [3.05, 3.63) is 23.9 Å². The fourth-order valence-corrected chi connectivity index (χ4v) is 2.56. The van der Waals surface area contributed by atoms with Gasteiger partial charge in [0.15, 0.2) is 0 Å². The van der Waals surface area contributed by atoms with Gasteiger partial charge in [0.05, 0.1) is 7.11 Å². The average molecular weight is 277 g/mol. The van der Waals surface area contributed by atoms with Crippen LogP contribution in [0.15, 0.2) is 18.3 Å². The fourth-order valence-electron chi connectivity index (χ4n) is 2.56. The zero-order valence-corrected chi connectivity index (χ0v) is 12.3. The lowest BCUT2D eigenvalue weighted by molar-refractivity contribution is 0.0601. The lowest BCUT2D eigenvalue weighted by Crippen LogP contribution is -2.29. The van der Waals surface area contributed by atoms with Crippen molar-refractivity contribution in [2.24, 2.45) is 5.92 Å². The molecule has 1 unspecified atom stereocenters. The second kappa shape index (κ2) is 7.24. The lowest BCUT2D eigenvalue weighted by atomic mass is 10.1. The molecule has 0 aromatic carbocycles. The number of methoxy groups -OCH3 is 1. The monoisotopic (exact) mass is 277 g/mol.